The lowest BCUT2D eigenvalue weighted by Gasteiger charge is -2.25. The molecular formula is C14H20N2. The van der Waals surface area contributed by atoms with E-state index in [1.165, 1.54) is 16.8 Å². The second kappa shape index (κ2) is 3.85. The van der Waals surface area contributed by atoms with Crippen LogP contribution in [0.3, 0.4) is 0 Å². The van der Waals surface area contributed by atoms with E-state index in [2.05, 4.69) is 62.2 Å². The number of aromatic nitrogens is 2. The van der Waals surface area contributed by atoms with Crippen LogP contribution >= 0.6 is 0 Å². The number of H-pyrrole nitrogens is 2. The van der Waals surface area contributed by atoms with Gasteiger partial charge in [0.2, 0.25) is 0 Å². The summed E-state index contributed by atoms with van der Waals surface area (Å²) in [6.45, 7) is 8.98. The summed E-state index contributed by atoms with van der Waals surface area (Å²) >= 11 is 0. The number of rotatable bonds is 3. The van der Waals surface area contributed by atoms with E-state index in [1.807, 2.05) is 6.20 Å². The zero-order chi connectivity index (χ0) is 11.8. The van der Waals surface area contributed by atoms with Gasteiger partial charge in [0.15, 0.2) is 0 Å². The highest BCUT2D eigenvalue weighted by atomic mass is 14.7. The first-order chi connectivity index (χ1) is 7.53. The Kier molecular flexibility index (Phi) is 2.66. The van der Waals surface area contributed by atoms with E-state index in [4.69, 9.17) is 0 Å². The second-order valence-electron chi connectivity index (χ2n) is 5.19. The van der Waals surface area contributed by atoms with Gasteiger partial charge in [-0.3, -0.25) is 0 Å². The van der Waals surface area contributed by atoms with Crippen molar-refractivity contribution in [3.63, 3.8) is 0 Å². The average molecular weight is 216 g/mol. The maximum absolute atomic E-state index is 3.32. The van der Waals surface area contributed by atoms with Gasteiger partial charge in [-0.1, -0.05) is 27.7 Å². The van der Waals surface area contributed by atoms with Crippen LogP contribution in [-0.2, 0) is 5.41 Å². The molecule has 0 bridgehead atoms. The Morgan fingerprint density at radius 1 is 1.19 bits per heavy atom. The summed E-state index contributed by atoms with van der Waals surface area (Å²) < 4.78 is 0. The number of hydrogen-bond acceptors (Lipinski definition) is 0. The molecule has 0 amide bonds. The minimum atomic E-state index is 0.0309. The quantitative estimate of drug-likeness (QED) is 0.782. The molecule has 0 saturated carbocycles. The molecule has 0 atom stereocenters. The molecule has 0 aliphatic rings. The summed E-state index contributed by atoms with van der Waals surface area (Å²) in [4.78, 5) is 6.55. The zero-order valence-electron chi connectivity index (χ0n) is 10.5. The smallest absolute Gasteiger partial charge is 0.0314 e. The van der Waals surface area contributed by atoms with E-state index in [1.54, 1.807) is 0 Å². The van der Waals surface area contributed by atoms with Crippen molar-refractivity contribution >= 4 is 0 Å². The molecule has 2 aromatic rings. The van der Waals surface area contributed by atoms with E-state index in [9.17, 15) is 0 Å². The summed E-state index contributed by atoms with van der Waals surface area (Å²) in [5.74, 6) is 0.551. The van der Waals surface area contributed by atoms with Gasteiger partial charge in [-0.15, -0.1) is 0 Å². The highest BCUT2D eigenvalue weighted by Crippen LogP contribution is 2.35. The van der Waals surface area contributed by atoms with Gasteiger partial charge < -0.3 is 9.97 Å². The highest BCUT2D eigenvalue weighted by molar-refractivity contribution is 5.39. The third kappa shape index (κ3) is 1.69. The lowest BCUT2D eigenvalue weighted by atomic mass is 9.79. The van der Waals surface area contributed by atoms with Crippen molar-refractivity contribution in [1.29, 1.82) is 0 Å². The number of hydrogen-bond donors (Lipinski definition) is 2. The van der Waals surface area contributed by atoms with Crippen LogP contribution in [0.25, 0.3) is 0 Å². The molecule has 2 aromatic heterocycles. The third-order valence-corrected chi connectivity index (χ3v) is 3.34. The molecule has 0 aliphatic heterocycles. The molecule has 0 unspecified atom stereocenters. The van der Waals surface area contributed by atoms with E-state index in [0.717, 1.165) is 0 Å². The van der Waals surface area contributed by atoms with Crippen LogP contribution in [0, 0.1) is 0 Å². The minimum absolute atomic E-state index is 0.0309. The van der Waals surface area contributed by atoms with E-state index in [-0.39, 0.29) is 5.41 Å². The summed E-state index contributed by atoms with van der Waals surface area (Å²) in [5.41, 5.74) is 4.07. The summed E-state index contributed by atoms with van der Waals surface area (Å²) in [6, 6.07) is 4.20. The lowest BCUT2D eigenvalue weighted by molar-refractivity contribution is 0.609. The maximum atomic E-state index is 3.32. The van der Waals surface area contributed by atoms with Crippen molar-refractivity contribution < 1.29 is 0 Å². The van der Waals surface area contributed by atoms with Crippen LogP contribution in [0.2, 0.25) is 0 Å². The molecule has 0 aliphatic carbocycles. The fourth-order valence-corrected chi connectivity index (χ4v) is 2.26. The van der Waals surface area contributed by atoms with Gasteiger partial charge in [-0.05, 0) is 29.2 Å². The Labute approximate surface area is 97.1 Å². The van der Waals surface area contributed by atoms with Crippen LogP contribution in [0.15, 0.2) is 30.7 Å². The highest BCUT2D eigenvalue weighted by Gasteiger charge is 2.27. The SMILES string of the molecule is CC(C)c1c[nH]cc1C(C)(C)c1ccc[nH]1. The summed E-state index contributed by atoms with van der Waals surface area (Å²) in [7, 11) is 0. The zero-order valence-corrected chi connectivity index (χ0v) is 10.5. The Morgan fingerprint density at radius 3 is 2.50 bits per heavy atom. The molecule has 0 aromatic carbocycles. The van der Waals surface area contributed by atoms with Gasteiger partial charge in [0.05, 0.1) is 0 Å². The molecule has 16 heavy (non-hydrogen) atoms. The van der Waals surface area contributed by atoms with Crippen molar-refractivity contribution in [1.82, 2.24) is 9.97 Å². The molecule has 2 nitrogen and oxygen atoms in total. The Hall–Kier alpha value is -1.44. The van der Waals surface area contributed by atoms with Crippen molar-refractivity contribution in [2.75, 3.05) is 0 Å². The molecule has 0 radical (unpaired) electrons. The van der Waals surface area contributed by atoms with Gasteiger partial charge >= 0.3 is 0 Å². The van der Waals surface area contributed by atoms with Crippen LogP contribution in [0.4, 0.5) is 0 Å². The molecule has 0 spiro atoms. The normalized spacial score (nSPS) is 12.3. The predicted molar refractivity (Wildman–Crippen MR) is 67.8 cm³/mol. The van der Waals surface area contributed by atoms with Crippen LogP contribution in [-0.4, -0.2) is 9.97 Å². The second-order valence-corrected chi connectivity index (χ2v) is 5.19. The first-order valence-corrected chi connectivity index (χ1v) is 5.84. The molecule has 2 rings (SSSR count). The van der Waals surface area contributed by atoms with Gasteiger partial charge in [-0.25, -0.2) is 0 Å². The molecule has 0 saturated heterocycles. The van der Waals surface area contributed by atoms with Gasteiger partial charge in [0, 0.05) is 29.7 Å². The third-order valence-electron chi connectivity index (χ3n) is 3.34. The van der Waals surface area contributed by atoms with Crippen molar-refractivity contribution in [2.24, 2.45) is 0 Å². The number of nitrogens with one attached hydrogen (secondary N) is 2. The van der Waals surface area contributed by atoms with Crippen LogP contribution in [0.1, 0.15) is 50.4 Å². The molecule has 86 valence electrons. The molecule has 0 fully saturated rings. The van der Waals surface area contributed by atoms with E-state index < -0.39 is 0 Å². The van der Waals surface area contributed by atoms with Gasteiger partial charge in [0.25, 0.3) is 0 Å². The molecular weight excluding hydrogens is 196 g/mol. The minimum Gasteiger partial charge on any atom is -0.367 e. The Balaban J connectivity index is 2.47. The molecule has 2 N–H and O–H groups in total. The van der Waals surface area contributed by atoms with E-state index in [0.29, 0.717) is 5.92 Å². The Bertz CT molecular complexity index is 447. The largest absolute Gasteiger partial charge is 0.367 e. The summed E-state index contributed by atoms with van der Waals surface area (Å²) in [6.07, 6.45) is 6.22. The maximum Gasteiger partial charge on any atom is 0.0314 e. The standard InChI is InChI=1S/C14H20N2/c1-10(2)11-8-15-9-12(11)14(3,4)13-6-5-7-16-13/h5-10,15-16H,1-4H3. The Morgan fingerprint density at radius 2 is 1.94 bits per heavy atom. The van der Waals surface area contributed by atoms with Crippen LogP contribution in [0.5, 0.6) is 0 Å². The summed E-state index contributed by atoms with van der Waals surface area (Å²) in [5, 5.41) is 0. The average Bonchev–Trinajstić information content (AvgIpc) is 2.89. The number of aromatic amines is 2. The molecule has 2 heteroatoms. The van der Waals surface area contributed by atoms with Crippen molar-refractivity contribution in [3.05, 3.63) is 47.5 Å². The molecule has 2 heterocycles. The fraction of sp³-hybridized carbons (Fsp3) is 0.429. The van der Waals surface area contributed by atoms with Gasteiger partial charge in [0.1, 0.15) is 0 Å². The van der Waals surface area contributed by atoms with Crippen molar-refractivity contribution in [2.45, 2.75) is 39.0 Å². The first kappa shape index (κ1) is 11.1. The van der Waals surface area contributed by atoms with Crippen molar-refractivity contribution in [3.8, 4) is 0 Å². The topological polar surface area (TPSA) is 31.6 Å². The van der Waals surface area contributed by atoms with Crippen LogP contribution < -0.4 is 0 Å². The fourth-order valence-electron chi connectivity index (χ4n) is 2.26. The lowest BCUT2D eigenvalue weighted by Crippen LogP contribution is -2.20. The predicted octanol–water partition coefficient (Wildman–Crippen LogP) is 3.79. The first-order valence-electron chi connectivity index (χ1n) is 5.84. The van der Waals surface area contributed by atoms with Gasteiger partial charge in [-0.2, -0.15) is 0 Å². The van der Waals surface area contributed by atoms with E-state index >= 15 is 0 Å². The monoisotopic (exact) mass is 216 g/mol.